The molecule has 0 bridgehead atoms. The van der Waals surface area contributed by atoms with Gasteiger partial charge in [-0.1, -0.05) is 39.7 Å². The number of nitrogens with one attached hydrogen (secondary N) is 1. The highest BCUT2D eigenvalue weighted by molar-refractivity contribution is 9.10. The summed E-state index contributed by atoms with van der Waals surface area (Å²) in [4.78, 5) is 12.7. The van der Waals surface area contributed by atoms with Crippen LogP contribution >= 0.6 is 27.5 Å². The van der Waals surface area contributed by atoms with E-state index in [1.807, 2.05) is 24.3 Å². The molecular formula is C21H24BrClN2O4S. The van der Waals surface area contributed by atoms with E-state index < -0.39 is 38.2 Å². The molecule has 3 atom stereocenters. The molecule has 0 aliphatic heterocycles. The summed E-state index contributed by atoms with van der Waals surface area (Å²) in [6.07, 6.45) is -0.705. The summed E-state index contributed by atoms with van der Waals surface area (Å²) in [7, 11) is -3.82. The number of benzene rings is 2. The highest BCUT2D eigenvalue weighted by Crippen LogP contribution is 2.57. The van der Waals surface area contributed by atoms with E-state index in [1.165, 1.54) is 24.3 Å². The number of carbonyl (C=O) groups is 1. The maximum atomic E-state index is 13.5. The van der Waals surface area contributed by atoms with Gasteiger partial charge in [-0.15, -0.1) is 0 Å². The summed E-state index contributed by atoms with van der Waals surface area (Å²) in [6, 6.07) is 13.3. The topological polar surface area (TPSA) is 98.5 Å². The minimum absolute atomic E-state index is 0.0650. The predicted octanol–water partition coefficient (Wildman–Crippen LogP) is 4.26. The highest BCUT2D eigenvalue weighted by Gasteiger charge is 2.71. The van der Waals surface area contributed by atoms with Crippen molar-refractivity contribution in [2.75, 3.05) is 6.54 Å². The first-order valence-corrected chi connectivity index (χ1v) is 12.1. The van der Waals surface area contributed by atoms with Crippen LogP contribution in [0, 0.1) is 0 Å². The molecule has 30 heavy (non-hydrogen) atoms. The molecule has 1 aliphatic carbocycles. The summed E-state index contributed by atoms with van der Waals surface area (Å²) in [5.41, 5.74) is 4.91. The van der Waals surface area contributed by atoms with Gasteiger partial charge < -0.3 is 15.8 Å². The Bertz CT molecular complexity index is 1040. The van der Waals surface area contributed by atoms with Crippen molar-refractivity contribution < 1.29 is 17.9 Å². The third kappa shape index (κ3) is 4.51. The van der Waals surface area contributed by atoms with Gasteiger partial charge in [-0.3, -0.25) is 0 Å². The Labute approximate surface area is 190 Å². The zero-order valence-corrected chi connectivity index (χ0v) is 20.0. The first-order chi connectivity index (χ1) is 13.9. The monoisotopic (exact) mass is 514 g/mol. The van der Waals surface area contributed by atoms with Crippen LogP contribution in [0.15, 0.2) is 57.9 Å². The number of ether oxygens (including phenoxy) is 1. The minimum Gasteiger partial charge on any atom is -0.444 e. The van der Waals surface area contributed by atoms with Gasteiger partial charge in [0.05, 0.1) is 10.4 Å². The maximum absolute atomic E-state index is 13.5. The van der Waals surface area contributed by atoms with Crippen LogP contribution in [0.3, 0.4) is 0 Å². The third-order valence-corrected chi connectivity index (χ3v) is 8.10. The Morgan fingerprint density at radius 1 is 1.17 bits per heavy atom. The van der Waals surface area contributed by atoms with E-state index in [-0.39, 0.29) is 11.4 Å². The Balaban J connectivity index is 2.03. The number of hydrogen-bond acceptors (Lipinski definition) is 5. The van der Waals surface area contributed by atoms with E-state index in [1.54, 1.807) is 20.8 Å². The summed E-state index contributed by atoms with van der Waals surface area (Å²) >= 11 is 9.30. The molecule has 3 rings (SSSR count). The molecule has 1 fully saturated rings. The molecule has 1 amide bonds. The second-order valence-corrected chi connectivity index (χ2v) is 11.7. The van der Waals surface area contributed by atoms with Crippen LogP contribution in [0.2, 0.25) is 5.02 Å². The van der Waals surface area contributed by atoms with Crippen molar-refractivity contribution in [1.82, 2.24) is 5.32 Å². The standard InChI is InChI=1S/C21H24BrClN2O4S/c1-20(2,3)29-19(26)25-21(12-24)17(13-4-6-14(22)7-5-13)18(21)30(27,28)16-10-8-15(23)9-11-16/h4-11,17-18H,12,24H2,1-3H3,(H,25,26)/t17-,18-,21-/m1/s1. The molecule has 162 valence electrons. The lowest BCUT2D eigenvalue weighted by Gasteiger charge is -2.24. The predicted molar refractivity (Wildman–Crippen MR) is 120 cm³/mol. The fourth-order valence-electron chi connectivity index (χ4n) is 3.71. The number of alkyl carbamates (subject to hydrolysis) is 1. The molecule has 2 aromatic carbocycles. The van der Waals surface area contributed by atoms with Crippen LogP contribution in [-0.2, 0) is 14.6 Å². The van der Waals surface area contributed by atoms with Gasteiger partial charge in [-0.25, -0.2) is 13.2 Å². The van der Waals surface area contributed by atoms with Crippen molar-refractivity contribution in [1.29, 1.82) is 0 Å². The lowest BCUT2D eigenvalue weighted by molar-refractivity contribution is 0.0497. The average Bonchev–Trinajstić information content (AvgIpc) is 3.30. The molecule has 1 aliphatic rings. The van der Waals surface area contributed by atoms with Crippen LogP contribution in [0.1, 0.15) is 32.3 Å². The summed E-state index contributed by atoms with van der Waals surface area (Å²) < 4.78 is 33.2. The summed E-state index contributed by atoms with van der Waals surface area (Å²) in [5.74, 6) is -0.524. The fourth-order valence-corrected chi connectivity index (χ4v) is 6.44. The van der Waals surface area contributed by atoms with Crippen molar-refractivity contribution in [2.24, 2.45) is 5.73 Å². The molecule has 0 spiro atoms. The molecule has 0 radical (unpaired) electrons. The molecule has 0 heterocycles. The minimum atomic E-state index is -3.82. The van der Waals surface area contributed by atoms with E-state index in [4.69, 9.17) is 22.1 Å². The van der Waals surface area contributed by atoms with E-state index in [2.05, 4.69) is 21.2 Å². The molecular weight excluding hydrogens is 492 g/mol. The van der Waals surface area contributed by atoms with Crippen LogP contribution in [0.25, 0.3) is 0 Å². The molecule has 0 saturated heterocycles. The van der Waals surface area contributed by atoms with Gasteiger partial charge >= 0.3 is 6.09 Å². The number of halogens is 2. The Morgan fingerprint density at radius 2 is 1.73 bits per heavy atom. The quantitative estimate of drug-likeness (QED) is 0.620. The van der Waals surface area contributed by atoms with Crippen molar-refractivity contribution in [3.05, 3.63) is 63.6 Å². The lowest BCUT2D eigenvalue weighted by atomic mass is 10.1. The van der Waals surface area contributed by atoms with Gasteiger partial charge in [-0.05, 0) is 62.7 Å². The Kier molecular flexibility index (Phi) is 6.26. The van der Waals surface area contributed by atoms with Crippen LogP contribution in [-0.4, -0.2) is 37.4 Å². The van der Waals surface area contributed by atoms with E-state index >= 15 is 0 Å². The number of nitrogens with two attached hydrogens (primary N) is 1. The zero-order chi connectivity index (χ0) is 22.3. The van der Waals surface area contributed by atoms with Crippen LogP contribution < -0.4 is 11.1 Å². The summed E-state index contributed by atoms with van der Waals surface area (Å²) in [5, 5.41) is 2.27. The van der Waals surface area contributed by atoms with Gasteiger partial charge in [-0.2, -0.15) is 0 Å². The van der Waals surface area contributed by atoms with Gasteiger partial charge in [0.15, 0.2) is 9.84 Å². The summed E-state index contributed by atoms with van der Waals surface area (Å²) in [6.45, 7) is 5.15. The zero-order valence-electron chi connectivity index (χ0n) is 16.9. The second-order valence-electron chi connectivity index (χ2n) is 8.32. The molecule has 0 aromatic heterocycles. The number of amides is 1. The number of rotatable bonds is 5. The Hall–Kier alpha value is -1.61. The highest BCUT2D eigenvalue weighted by atomic mass is 79.9. The molecule has 9 heteroatoms. The van der Waals surface area contributed by atoms with Gasteiger partial charge in [0.2, 0.25) is 0 Å². The average molecular weight is 516 g/mol. The van der Waals surface area contributed by atoms with Crippen molar-refractivity contribution >= 4 is 43.5 Å². The van der Waals surface area contributed by atoms with Gasteiger partial charge in [0, 0.05) is 22.0 Å². The van der Waals surface area contributed by atoms with Crippen LogP contribution in [0.4, 0.5) is 4.79 Å². The number of hydrogen-bond donors (Lipinski definition) is 2. The lowest BCUT2D eigenvalue weighted by Crippen LogP contribution is -2.49. The SMILES string of the molecule is CC(C)(C)OC(=O)N[C@]1(CN)[C@H](c2ccc(Br)cc2)[C@H]1S(=O)(=O)c1ccc(Cl)cc1. The first-order valence-electron chi connectivity index (χ1n) is 9.37. The normalized spacial score (nSPS) is 23.7. The first kappa shape index (κ1) is 23.1. The van der Waals surface area contributed by atoms with Crippen LogP contribution in [0.5, 0.6) is 0 Å². The smallest absolute Gasteiger partial charge is 0.408 e. The molecule has 0 unspecified atom stereocenters. The number of sulfone groups is 1. The Morgan fingerprint density at radius 3 is 2.23 bits per heavy atom. The number of carbonyl (C=O) groups excluding carboxylic acids is 1. The van der Waals surface area contributed by atoms with Gasteiger partial charge in [0.1, 0.15) is 10.9 Å². The molecule has 1 saturated carbocycles. The molecule has 2 aromatic rings. The molecule has 3 N–H and O–H groups in total. The van der Waals surface area contributed by atoms with Crippen molar-refractivity contribution in [3.63, 3.8) is 0 Å². The van der Waals surface area contributed by atoms with Crippen molar-refractivity contribution in [3.8, 4) is 0 Å². The third-order valence-electron chi connectivity index (χ3n) is 5.03. The largest absolute Gasteiger partial charge is 0.444 e. The van der Waals surface area contributed by atoms with Crippen molar-refractivity contribution in [2.45, 2.75) is 48.0 Å². The van der Waals surface area contributed by atoms with Gasteiger partial charge in [0.25, 0.3) is 0 Å². The van der Waals surface area contributed by atoms with E-state index in [9.17, 15) is 13.2 Å². The second kappa shape index (κ2) is 8.15. The molecule has 6 nitrogen and oxygen atoms in total. The maximum Gasteiger partial charge on any atom is 0.408 e. The van der Waals surface area contributed by atoms with E-state index in [0.29, 0.717) is 5.02 Å². The van der Waals surface area contributed by atoms with E-state index in [0.717, 1.165) is 10.0 Å². The fraction of sp³-hybridized carbons (Fsp3) is 0.381.